The average molecular weight is 308 g/mol. The third-order valence-electron chi connectivity index (χ3n) is 3.55. The number of hydrogen-bond donors (Lipinski definition) is 1. The Balaban J connectivity index is 2.47. The van der Waals surface area contributed by atoms with E-state index < -0.39 is 0 Å². The molecule has 0 saturated heterocycles. The molecule has 1 N–H and O–H groups in total. The maximum absolute atomic E-state index is 6.36. The minimum absolute atomic E-state index is 0.0871. The van der Waals surface area contributed by atoms with Gasteiger partial charge in [-0.2, -0.15) is 0 Å². The minimum Gasteiger partial charge on any atom is -0.306 e. The number of aryl methyl sites for hydroxylation is 2. The second-order valence-corrected chi connectivity index (χ2v) is 5.84. The molecule has 3 heteroatoms. The van der Waals surface area contributed by atoms with Gasteiger partial charge in [0.25, 0.3) is 0 Å². The van der Waals surface area contributed by atoms with Crippen LogP contribution in [0.3, 0.4) is 0 Å². The van der Waals surface area contributed by atoms with Crippen molar-refractivity contribution in [2.24, 2.45) is 0 Å². The van der Waals surface area contributed by atoms with E-state index in [1.165, 1.54) is 16.7 Å². The summed E-state index contributed by atoms with van der Waals surface area (Å²) in [6.07, 6.45) is 0. The summed E-state index contributed by atoms with van der Waals surface area (Å²) in [5, 5.41) is 4.85. The van der Waals surface area contributed by atoms with E-state index in [1.54, 1.807) is 6.07 Å². The summed E-state index contributed by atoms with van der Waals surface area (Å²) in [5.74, 6) is 0. The first-order valence-corrected chi connectivity index (χ1v) is 7.54. The van der Waals surface area contributed by atoms with E-state index in [2.05, 4.69) is 44.3 Å². The topological polar surface area (TPSA) is 12.0 Å². The Bertz CT molecular complexity index is 608. The Morgan fingerprint density at radius 3 is 2.35 bits per heavy atom. The maximum Gasteiger partial charge on any atom is 0.0591 e. The SMILES string of the molecule is CCNC(c1ccc(C)c(C)c1)c1ccc(Cl)cc1Cl. The molecule has 20 heavy (non-hydrogen) atoms. The molecule has 106 valence electrons. The van der Waals surface area contributed by atoms with Crippen LogP contribution in [-0.4, -0.2) is 6.54 Å². The molecule has 1 unspecified atom stereocenters. The number of halogens is 2. The average Bonchev–Trinajstić information content (AvgIpc) is 2.40. The second kappa shape index (κ2) is 6.62. The second-order valence-electron chi connectivity index (χ2n) is 5.00. The van der Waals surface area contributed by atoms with Crippen molar-refractivity contribution in [2.45, 2.75) is 26.8 Å². The number of rotatable bonds is 4. The van der Waals surface area contributed by atoms with Crippen molar-refractivity contribution in [3.63, 3.8) is 0 Å². The smallest absolute Gasteiger partial charge is 0.0591 e. The largest absolute Gasteiger partial charge is 0.306 e. The van der Waals surface area contributed by atoms with Gasteiger partial charge in [0.05, 0.1) is 6.04 Å². The van der Waals surface area contributed by atoms with E-state index in [-0.39, 0.29) is 6.04 Å². The van der Waals surface area contributed by atoms with E-state index in [0.29, 0.717) is 10.0 Å². The third-order valence-corrected chi connectivity index (χ3v) is 4.11. The van der Waals surface area contributed by atoms with Crippen LogP contribution in [0.5, 0.6) is 0 Å². The fourth-order valence-corrected chi connectivity index (χ4v) is 2.81. The van der Waals surface area contributed by atoms with Gasteiger partial charge >= 0.3 is 0 Å². The molecule has 0 heterocycles. The van der Waals surface area contributed by atoms with Crippen molar-refractivity contribution >= 4 is 23.2 Å². The number of hydrogen-bond acceptors (Lipinski definition) is 1. The highest BCUT2D eigenvalue weighted by Gasteiger charge is 2.16. The standard InChI is InChI=1S/C17H19Cl2N/c1-4-20-17(13-6-5-11(2)12(3)9-13)15-8-7-14(18)10-16(15)19/h5-10,17,20H,4H2,1-3H3. The zero-order valence-corrected chi connectivity index (χ0v) is 13.5. The van der Waals surface area contributed by atoms with Crippen LogP contribution in [0.15, 0.2) is 36.4 Å². The van der Waals surface area contributed by atoms with Gasteiger partial charge in [0.1, 0.15) is 0 Å². The number of nitrogens with one attached hydrogen (secondary N) is 1. The van der Waals surface area contributed by atoms with Crippen LogP contribution in [0.2, 0.25) is 10.0 Å². The Kier molecular flexibility index (Phi) is 5.09. The van der Waals surface area contributed by atoms with E-state index >= 15 is 0 Å². The summed E-state index contributed by atoms with van der Waals surface area (Å²) in [6, 6.07) is 12.3. The van der Waals surface area contributed by atoms with Crippen molar-refractivity contribution in [3.8, 4) is 0 Å². The molecule has 0 radical (unpaired) electrons. The van der Waals surface area contributed by atoms with E-state index in [0.717, 1.165) is 12.1 Å². The van der Waals surface area contributed by atoms with Crippen LogP contribution in [0.25, 0.3) is 0 Å². The molecule has 2 rings (SSSR count). The summed E-state index contributed by atoms with van der Waals surface area (Å²) in [5.41, 5.74) is 4.86. The third kappa shape index (κ3) is 3.35. The molecule has 2 aromatic rings. The normalized spacial score (nSPS) is 12.4. The molecule has 1 atom stereocenters. The van der Waals surface area contributed by atoms with Crippen molar-refractivity contribution in [3.05, 3.63) is 68.7 Å². The van der Waals surface area contributed by atoms with Crippen LogP contribution < -0.4 is 5.32 Å². The quantitative estimate of drug-likeness (QED) is 0.807. The lowest BCUT2D eigenvalue weighted by atomic mass is 9.95. The summed E-state index contributed by atoms with van der Waals surface area (Å²) in [6.45, 7) is 7.22. The Labute approximate surface area is 130 Å². The molecular formula is C17H19Cl2N. The van der Waals surface area contributed by atoms with E-state index in [4.69, 9.17) is 23.2 Å². The molecule has 0 saturated carbocycles. The zero-order chi connectivity index (χ0) is 14.7. The first kappa shape index (κ1) is 15.4. The summed E-state index contributed by atoms with van der Waals surface area (Å²) < 4.78 is 0. The monoisotopic (exact) mass is 307 g/mol. The Morgan fingerprint density at radius 1 is 1.00 bits per heavy atom. The molecule has 1 nitrogen and oxygen atoms in total. The Hall–Kier alpha value is -1.02. The number of benzene rings is 2. The van der Waals surface area contributed by atoms with Gasteiger partial charge < -0.3 is 5.32 Å². The maximum atomic E-state index is 6.36. The van der Waals surface area contributed by atoms with Gasteiger partial charge in [-0.1, -0.05) is 54.4 Å². The van der Waals surface area contributed by atoms with Gasteiger partial charge in [-0.3, -0.25) is 0 Å². The minimum atomic E-state index is 0.0871. The molecule has 2 aromatic carbocycles. The van der Waals surface area contributed by atoms with Gasteiger partial charge in [0.15, 0.2) is 0 Å². The molecule has 0 aliphatic heterocycles. The van der Waals surface area contributed by atoms with Crippen LogP contribution in [-0.2, 0) is 0 Å². The lowest BCUT2D eigenvalue weighted by molar-refractivity contribution is 0.630. The molecule has 0 aliphatic carbocycles. The molecule has 0 fully saturated rings. The van der Waals surface area contributed by atoms with Crippen LogP contribution in [0, 0.1) is 13.8 Å². The van der Waals surface area contributed by atoms with E-state index in [1.807, 2.05) is 12.1 Å². The van der Waals surface area contributed by atoms with Crippen LogP contribution in [0.1, 0.15) is 35.2 Å². The fraction of sp³-hybridized carbons (Fsp3) is 0.294. The summed E-state index contributed by atoms with van der Waals surface area (Å²) in [7, 11) is 0. The molecule has 0 spiro atoms. The fourth-order valence-electron chi connectivity index (χ4n) is 2.29. The van der Waals surface area contributed by atoms with Gasteiger partial charge in [-0.05, 0) is 54.8 Å². The van der Waals surface area contributed by atoms with Gasteiger partial charge in [0.2, 0.25) is 0 Å². The van der Waals surface area contributed by atoms with E-state index in [9.17, 15) is 0 Å². The summed E-state index contributed by atoms with van der Waals surface area (Å²) in [4.78, 5) is 0. The van der Waals surface area contributed by atoms with Gasteiger partial charge in [-0.15, -0.1) is 0 Å². The Morgan fingerprint density at radius 2 is 1.75 bits per heavy atom. The molecule has 0 amide bonds. The highest BCUT2D eigenvalue weighted by molar-refractivity contribution is 6.35. The lowest BCUT2D eigenvalue weighted by Gasteiger charge is -2.21. The van der Waals surface area contributed by atoms with Crippen molar-refractivity contribution in [1.29, 1.82) is 0 Å². The van der Waals surface area contributed by atoms with Crippen LogP contribution in [0.4, 0.5) is 0 Å². The van der Waals surface area contributed by atoms with Crippen molar-refractivity contribution in [2.75, 3.05) is 6.54 Å². The molecule has 0 bridgehead atoms. The summed E-state index contributed by atoms with van der Waals surface area (Å²) >= 11 is 12.3. The van der Waals surface area contributed by atoms with Gasteiger partial charge in [-0.25, -0.2) is 0 Å². The van der Waals surface area contributed by atoms with Crippen molar-refractivity contribution < 1.29 is 0 Å². The van der Waals surface area contributed by atoms with Gasteiger partial charge in [0, 0.05) is 10.0 Å². The lowest BCUT2D eigenvalue weighted by Crippen LogP contribution is -2.22. The molecule has 0 aliphatic rings. The first-order chi connectivity index (χ1) is 9.52. The predicted octanol–water partition coefficient (Wildman–Crippen LogP) is 5.31. The predicted molar refractivity (Wildman–Crippen MR) is 87.9 cm³/mol. The molecule has 0 aromatic heterocycles. The first-order valence-electron chi connectivity index (χ1n) is 6.78. The van der Waals surface area contributed by atoms with Crippen LogP contribution >= 0.6 is 23.2 Å². The highest BCUT2D eigenvalue weighted by Crippen LogP contribution is 2.31. The zero-order valence-electron chi connectivity index (χ0n) is 12.0. The highest BCUT2D eigenvalue weighted by atomic mass is 35.5. The van der Waals surface area contributed by atoms with Crippen molar-refractivity contribution in [1.82, 2.24) is 5.32 Å². The molecular weight excluding hydrogens is 289 g/mol.